The molecular formula is C22H22BrClNO5+. The summed E-state index contributed by atoms with van der Waals surface area (Å²) in [6.45, 7) is 2.03. The van der Waals surface area contributed by atoms with Gasteiger partial charge in [0.2, 0.25) is 0 Å². The summed E-state index contributed by atoms with van der Waals surface area (Å²) in [5, 5.41) is 10.3. The normalized spacial score (nSPS) is 21.8. The Morgan fingerprint density at radius 2 is 1.70 bits per heavy atom. The highest BCUT2D eigenvalue weighted by Gasteiger charge is 2.53. The maximum Gasteiger partial charge on any atom is 0.521 e. The van der Waals surface area contributed by atoms with Crippen molar-refractivity contribution >= 4 is 45.3 Å². The van der Waals surface area contributed by atoms with Crippen LogP contribution in [0.1, 0.15) is 36.5 Å². The molecule has 1 aliphatic heterocycles. The van der Waals surface area contributed by atoms with Gasteiger partial charge in [-0.15, -0.1) is 0 Å². The van der Waals surface area contributed by atoms with Crippen molar-refractivity contribution in [3.63, 3.8) is 0 Å². The molecule has 2 aromatic rings. The Hall–Kier alpha value is -2.22. The van der Waals surface area contributed by atoms with E-state index in [-0.39, 0.29) is 24.8 Å². The van der Waals surface area contributed by atoms with Crippen molar-refractivity contribution in [2.75, 3.05) is 6.54 Å². The smallest absolute Gasteiger partial charge is 0.457 e. The van der Waals surface area contributed by atoms with Gasteiger partial charge in [-0.1, -0.05) is 27.5 Å². The molecule has 0 aromatic heterocycles. The number of imide groups is 1. The molecular weight excluding hydrogens is 474 g/mol. The average Bonchev–Trinajstić information content (AvgIpc) is 3.12. The lowest BCUT2D eigenvalue weighted by molar-refractivity contribution is -0.792. The monoisotopic (exact) mass is 494 g/mol. The summed E-state index contributed by atoms with van der Waals surface area (Å²) >= 11 is 9.14. The molecule has 1 N–H and O–H groups in total. The fraction of sp³-hybridized carbons (Fsp3) is 0.318. The van der Waals surface area contributed by atoms with E-state index in [0.29, 0.717) is 34.9 Å². The van der Waals surface area contributed by atoms with Crippen LogP contribution in [0.2, 0.25) is 5.02 Å². The van der Waals surface area contributed by atoms with Crippen LogP contribution in [0.5, 0.6) is 11.5 Å². The Labute approximate surface area is 188 Å². The lowest BCUT2D eigenvalue weighted by atomic mass is 10.1. The second-order valence-electron chi connectivity index (χ2n) is 7.38. The molecule has 8 heteroatoms. The lowest BCUT2D eigenvalue weighted by Crippen LogP contribution is -2.59. The van der Waals surface area contributed by atoms with E-state index in [2.05, 4.69) is 15.9 Å². The van der Waals surface area contributed by atoms with Gasteiger partial charge in [0, 0.05) is 23.4 Å². The van der Waals surface area contributed by atoms with Crippen molar-refractivity contribution in [2.45, 2.75) is 37.1 Å². The maximum absolute atomic E-state index is 12.8. The van der Waals surface area contributed by atoms with E-state index in [0.717, 1.165) is 0 Å². The Bertz CT molecular complexity index is 947. The number of Topliss-reactive ketones (excluding diaryl/α,β-unsaturated/α-hetero) is 1. The second-order valence-corrected chi connectivity index (χ2v) is 8.92. The maximum atomic E-state index is 12.8. The Morgan fingerprint density at radius 3 is 2.20 bits per heavy atom. The summed E-state index contributed by atoms with van der Waals surface area (Å²) in [6, 6.07) is 13.2. The zero-order valence-corrected chi connectivity index (χ0v) is 18.7. The molecule has 0 saturated carbocycles. The molecule has 3 atom stereocenters. The SMILES string of the molecule is C[C@@H]1CCC[N+]1(C(=O)O)C(=O)CC(Br)C(=O)c1ccc(Oc2ccc(Cl)cc2)cc1. The van der Waals surface area contributed by atoms with Crippen molar-refractivity contribution in [3.05, 3.63) is 59.1 Å². The van der Waals surface area contributed by atoms with Crippen LogP contribution in [0.15, 0.2) is 48.5 Å². The van der Waals surface area contributed by atoms with Gasteiger partial charge in [0.1, 0.15) is 17.5 Å². The minimum absolute atomic E-state index is 0.182. The van der Waals surface area contributed by atoms with Crippen LogP contribution in [0.4, 0.5) is 4.79 Å². The molecule has 0 bridgehead atoms. The van der Waals surface area contributed by atoms with Gasteiger partial charge in [-0.25, -0.2) is 4.79 Å². The number of alkyl halides is 1. The highest BCUT2D eigenvalue weighted by Crippen LogP contribution is 2.31. The molecule has 6 nitrogen and oxygen atoms in total. The van der Waals surface area contributed by atoms with Gasteiger partial charge in [0.15, 0.2) is 5.78 Å². The van der Waals surface area contributed by atoms with Crippen LogP contribution >= 0.6 is 27.5 Å². The first kappa shape index (κ1) is 22.5. The molecule has 158 valence electrons. The standard InChI is InChI=1S/C22H21BrClNO5/c1-14-3-2-12-25(14,22(28)29)20(26)13-19(23)21(27)15-4-8-17(9-5-15)30-18-10-6-16(24)7-11-18/h4-11,14,19H,2-3,12-13H2,1H3/p+1/t14-,19?,25?/m1/s1. The third-order valence-electron chi connectivity index (χ3n) is 5.50. The minimum Gasteiger partial charge on any atom is -0.457 e. The van der Waals surface area contributed by atoms with Gasteiger partial charge in [-0.05, 0) is 55.5 Å². The van der Waals surface area contributed by atoms with Crippen LogP contribution in [-0.4, -0.2) is 44.8 Å². The number of rotatable bonds is 6. The zero-order valence-electron chi connectivity index (χ0n) is 16.4. The fourth-order valence-corrected chi connectivity index (χ4v) is 4.42. The molecule has 0 spiro atoms. The van der Waals surface area contributed by atoms with Gasteiger partial charge < -0.3 is 9.84 Å². The van der Waals surface area contributed by atoms with Crippen molar-refractivity contribution in [1.29, 1.82) is 0 Å². The summed E-state index contributed by atoms with van der Waals surface area (Å²) in [5.41, 5.74) is 0.407. The minimum atomic E-state index is -1.15. The first-order chi connectivity index (χ1) is 14.2. The number of ether oxygens (including phenoxy) is 1. The fourth-order valence-electron chi connectivity index (χ4n) is 3.75. The molecule has 2 aromatic carbocycles. The van der Waals surface area contributed by atoms with Crippen LogP contribution < -0.4 is 4.74 Å². The van der Waals surface area contributed by atoms with Crippen LogP contribution in [0.25, 0.3) is 0 Å². The number of halogens is 2. The van der Waals surface area contributed by atoms with E-state index < -0.39 is 21.3 Å². The molecule has 3 rings (SSSR count). The zero-order chi connectivity index (χ0) is 21.9. The van der Waals surface area contributed by atoms with Crippen LogP contribution in [-0.2, 0) is 4.79 Å². The quantitative estimate of drug-likeness (QED) is 0.317. The van der Waals surface area contributed by atoms with Gasteiger partial charge in [0.25, 0.3) is 0 Å². The first-order valence-corrected chi connectivity index (χ1v) is 10.9. The number of carboxylic acid groups (broad SMARTS) is 1. The molecule has 0 radical (unpaired) electrons. The highest BCUT2D eigenvalue weighted by atomic mass is 79.9. The third kappa shape index (κ3) is 4.58. The van der Waals surface area contributed by atoms with E-state index in [4.69, 9.17) is 16.3 Å². The number of hydrogen-bond acceptors (Lipinski definition) is 4. The highest BCUT2D eigenvalue weighted by molar-refractivity contribution is 9.10. The summed E-state index contributed by atoms with van der Waals surface area (Å²) in [4.78, 5) is 36.6. The number of likely N-dealkylation sites (tertiary alicyclic amines) is 1. The van der Waals surface area contributed by atoms with Gasteiger partial charge in [-0.2, -0.15) is 9.28 Å². The largest absolute Gasteiger partial charge is 0.521 e. The Balaban J connectivity index is 1.66. The van der Waals surface area contributed by atoms with Crippen molar-refractivity contribution in [1.82, 2.24) is 0 Å². The van der Waals surface area contributed by atoms with Gasteiger partial charge in [-0.3, -0.25) is 4.79 Å². The van der Waals surface area contributed by atoms with Crippen molar-refractivity contribution in [3.8, 4) is 11.5 Å². The molecule has 2 unspecified atom stereocenters. The number of ketones is 1. The number of amides is 2. The number of hydrogen-bond donors (Lipinski definition) is 1. The Kier molecular flexibility index (Phi) is 6.95. The number of carbonyl (C=O) groups excluding carboxylic acids is 2. The van der Waals surface area contributed by atoms with E-state index in [1.54, 1.807) is 55.5 Å². The molecule has 1 heterocycles. The van der Waals surface area contributed by atoms with E-state index in [1.807, 2.05) is 0 Å². The first-order valence-electron chi connectivity index (χ1n) is 9.60. The molecule has 30 heavy (non-hydrogen) atoms. The molecule has 1 saturated heterocycles. The topological polar surface area (TPSA) is 80.7 Å². The number of quaternary nitrogens is 1. The van der Waals surface area contributed by atoms with Gasteiger partial charge in [0.05, 0.1) is 17.8 Å². The summed E-state index contributed by atoms with van der Waals surface area (Å²) < 4.78 is 5.10. The number of carbonyl (C=O) groups is 3. The molecule has 2 amide bonds. The summed E-state index contributed by atoms with van der Waals surface area (Å²) in [6.07, 6.45) is 0.0164. The number of benzene rings is 2. The predicted octanol–water partition coefficient (Wildman–Crippen LogP) is 5.67. The van der Waals surface area contributed by atoms with Crippen molar-refractivity contribution < 1.29 is 28.7 Å². The predicted molar refractivity (Wildman–Crippen MR) is 116 cm³/mol. The molecule has 0 aliphatic carbocycles. The summed E-state index contributed by atoms with van der Waals surface area (Å²) in [7, 11) is 0. The van der Waals surface area contributed by atoms with Crippen LogP contribution in [0.3, 0.4) is 0 Å². The average molecular weight is 496 g/mol. The molecule has 1 fully saturated rings. The molecule has 1 aliphatic rings. The Morgan fingerprint density at radius 1 is 1.13 bits per heavy atom. The van der Waals surface area contributed by atoms with E-state index in [9.17, 15) is 19.5 Å². The van der Waals surface area contributed by atoms with E-state index >= 15 is 0 Å². The second kappa shape index (κ2) is 9.29. The lowest BCUT2D eigenvalue weighted by Gasteiger charge is -2.30. The van der Waals surface area contributed by atoms with E-state index in [1.165, 1.54) is 0 Å². The van der Waals surface area contributed by atoms with Crippen molar-refractivity contribution in [2.24, 2.45) is 0 Å². The van der Waals surface area contributed by atoms with Crippen LogP contribution in [0, 0.1) is 0 Å². The third-order valence-corrected chi connectivity index (χ3v) is 6.49. The van der Waals surface area contributed by atoms with Gasteiger partial charge >= 0.3 is 12.0 Å². The summed E-state index contributed by atoms with van der Waals surface area (Å²) in [5.74, 6) is 0.435. The number of nitrogens with zero attached hydrogens (tertiary/aromatic N) is 1.